The lowest BCUT2D eigenvalue weighted by Crippen LogP contribution is -2.23. The third kappa shape index (κ3) is 5.42. The van der Waals surface area contributed by atoms with Crippen LogP contribution in [-0.4, -0.2) is 26.6 Å². The van der Waals surface area contributed by atoms with Gasteiger partial charge in [0.1, 0.15) is 18.5 Å². The number of anilines is 1. The summed E-state index contributed by atoms with van der Waals surface area (Å²) in [5.74, 6) is -0.931. The smallest absolute Gasteiger partial charge is 0.255 e. The molecule has 2 amide bonds. The highest BCUT2D eigenvalue weighted by Crippen LogP contribution is 2.13. The molecule has 3 aromatic carbocycles. The molecule has 0 aliphatic carbocycles. The monoisotopic (exact) mass is 429 g/mol. The Hall–Kier alpha value is -4.33. The van der Waals surface area contributed by atoms with Crippen molar-refractivity contribution in [3.8, 4) is 0 Å². The van der Waals surface area contributed by atoms with Crippen molar-refractivity contribution < 1.29 is 14.0 Å². The van der Waals surface area contributed by atoms with Crippen molar-refractivity contribution in [1.29, 1.82) is 0 Å². The lowest BCUT2D eigenvalue weighted by atomic mass is 10.1. The van der Waals surface area contributed by atoms with Crippen LogP contribution in [0.1, 0.15) is 31.8 Å². The maximum Gasteiger partial charge on any atom is 0.255 e. The van der Waals surface area contributed by atoms with Crippen molar-refractivity contribution in [3.05, 3.63) is 114 Å². The van der Waals surface area contributed by atoms with Crippen molar-refractivity contribution in [2.75, 3.05) is 5.32 Å². The number of benzene rings is 3. The Morgan fingerprint density at radius 1 is 0.875 bits per heavy atom. The molecule has 1 aromatic heterocycles. The quantitative estimate of drug-likeness (QED) is 0.469. The highest BCUT2D eigenvalue weighted by molar-refractivity contribution is 6.04. The number of hydrogen-bond donors (Lipinski definition) is 2. The van der Waals surface area contributed by atoms with Gasteiger partial charge in [0, 0.05) is 23.4 Å². The number of amides is 2. The number of aromatic nitrogens is 3. The highest BCUT2D eigenvalue weighted by atomic mass is 19.1. The molecule has 0 unspecified atom stereocenters. The molecule has 8 heteroatoms. The number of nitrogens with one attached hydrogen (secondary N) is 2. The summed E-state index contributed by atoms with van der Waals surface area (Å²) in [5.41, 5.74) is 3.34. The minimum absolute atomic E-state index is 0.196. The molecule has 0 aliphatic heterocycles. The number of hydrogen-bond acceptors (Lipinski definition) is 4. The predicted molar refractivity (Wildman–Crippen MR) is 118 cm³/mol. The van der Waals surface area contributed by atoms with E-state index in [1.165, 1.54) is 30.6 Å². The second kappa shape index (κ2) is 9.65. The molecule has 0 bridgehead atoms. The van der Waals surface area contributed by atoms with Crippen molar-refractivity contribution >= 4 is 17.5 Å². The fraction of sp³-hybridized carbons (Fsp3) is 0.0833. The van der Waals surface area contributed by atoms with Crippen LogP contribution >= 0.6 is 0 Å². The zero-order chi connectivity index (χ0) is 22.3. The van der Waals surface area contributed by atoms with Gasteiger partial charge in [-0.3, -0.25) is 9.59 Å². The van der Waals surface area contributed by atoms with Gasteiger partial charge in [-0.05, 0) is 59.7 Å². The molecule has 0 radical (unpaired) electrons. The Labute approximate surface area is 183 Å². The van der Waals surface area contributed by atoms with Crippen molar-refractivity contribution in [2.24, 2.45) is 0 Å². The summed E-state index contributed by atoms with van der Waals surface area (Å²) < 4.78 is 14.7. The Morgan fingerprint density at radius 3 is 2.31 bits per heavy atom. The summed E-state index contributed by atoms with van der Waals surface area (Å²) in [7, 11) is 0. The molecule has 4 aromatic rings. The average molecular weight is 429 g/mol. The van der Waals surface area contributed by atoms with Crippen LogP contribution in [0.3, 0.4) is 0 Å². The molecule has 7 nitrogen and oxygen atoms in total. The predicted octanol–water partition coefficient (Wildman–Crippen LogP) is 3.65. The van der Waals surface area contributed by atoms with Crippen LogP contribution in [0.15, 0.2) is 85.5 Å². The largest absolute Gasteiger partial charge is 0.348 e. The number of carbonyl (C=O) groups excluding carboxylic acids is 2. The lowest BCUT2D eigenvalue weighted by molar-refractivity contribution is 0.0950. The first kappa shape index (κ1) is 20.9. The molecule has 1 heterocycles. The molecule has 0 saturated heterocycles. The van der Waals surface area contributed by atoms with Gasteiger partial charge in [0.05, 0.1) is 6.54 Å². The molecule has 2 N–H and O–H groups in total. The van der Waals surface area contributed by atoms with E-state index in [0.29, 0.717) is 29.9 Å². The molecule has 0 aliphatic rings. The van der Waals surface area contributed by atoms with E-state index in [9.17, 15) is 14.0 Å². The lowest BCUT2D eigenvalue weighted by Gasteiger charge is -2.09. The second-order valence-electron chi connectivity index (χ2n) is 7.13. The van der Waals surface area contributed by atoms with Gasteiger partial charge in [0.15, 0.2) is 0 Å². The Balaban J connectivity index is 1.33. The minimum atomic E-state index is -0.399. The fourth-order valence-electron chi connectivity index (χ4n) is 3.11. The van der Waals surface area contributed by atoms with Gasteiger partial charge in [-0.15, -0.1) is 0 Å². The third-order valence-corrected chi connectivity index (χ3v) is 4.77. The van der Waals surface area contributed by atoms with E-state index < -0.39 is 5.82 Å². The Morgan fingerprint density at radius 2 is 1.59 bits per heavy atom. The van der Waals surface area contributed by atoms with Gasteiger partial charge < -0.3 is 10.6 Å². The van der Waals surface area contributed by atoms with Crippen LogP contribution in [0.4, 0.5) is 10.1 Å². The van der Waals surface area contributed by atoms with E-state index in [2.05, 4.69) is 20.7 Å². The molecular weight excluding hydrogens is 409 g/mol. The summed E-state index contributed by atoms with van der Waals surface area (Å²) in [5, 5.41) is 9.72. The summed E-state index contributed by atoms with van der Waals surface area (Å²) >= 11 is 0. The molecular formula is C24H20FN5O2. The van der Waals surface area contributed by atoms with E-state index >= 15 is 0 Å². The first-order valence-electron chi connectivity index (χ1n) is 9.92. The van der Waals surface area contributed by atoms with E-state index in [0.717, 1.165) is 11.1 Å². The van der Waals surface area contributed by atoms with E-state index in [1.807, 2.05) is 18.2 Å². The average Bonchev–Trinajstić information content (AvgIpc) is 3.32. The van der Waals surface area contributed by atoms with Crippen molar-refractivity contribution in [3.63, 3.8) is 0 Å². The second-order valence-corrected chi connectivity index (χ2v) is 7.13. The van der Waals surface area contributed by atoms with Crippen LogP contribution in [-0.2, 0) is 13.1 Å². The summed E-state index contributed by atoms with van der Waals surface area (Å²) in [6, 6.07) is 19.8. The van der Waals surface area contributed by atoms with Gasteiger partial charge in [-0.25, -0.2) is 14.1 Å². The van der Waals surface area contributed by atoms with Crippen molar-refractivity contribution in [2.45, 2.75) is 13.1 Å². The summed E-state index contributed by atoms with van der Waals surface area (Å²) in [4.78, 5) is 28.7. The van der Waals surface area contributed by atoms with E-state index in [-0.39, 0.29) is 11.8 Å². The van der Waals surface area contributed by atoms with Crippen LogP contribution < -0.4 is 10.6 Å². The van der Waals surface area contributed by atoms with E-state index in [4.69, 9.17) is 0 Å². The van der Waals surface area contributed by atoms with Crippen LogP contribution in [0.5, 0.6) is 0 Å². The molecule has 32 heavy (non-hydrogen) atoms. The summed E-state index contributed by atoms with van der Waals surface area (Å²) in [6.07, 6.45) is 3.11. The molecule has 4 rings (SSSR count). The topological polar surface area (TPSA) is 88.9 Å². The van der Waals surface area contributed by atoms with Gasteiger partial charge in [0.2, 0.25) is 0 Å². The third-order valence-electron chi connectivity index (χ3n) is 4.77. The first-order chi connectivity index (χ1) is 15.6. The van der Waals surface area contributed by atoms with Crippen molar-refractivity contribution in [1.82, 2.24) is 20.1 Å². The van der Waals surface area contributed by atoms with Crippen LogP contribution in [0.2, 0.25) is 0 Å². The zero-order valence-corrected chi connectivity index (χ0v) is 17.0. The number of nitrogens with zero attached hydrogens (tertiary/aromatic N) is 3. The van der Waals surface area contributed by atoms with Crippen LogP contribution in [0, 0.1) is 5.82 Å². The van der Waals surface area contributed by atoms with E-state index in [1.54, 1.807) is 41.3 Å². The normalized spacial score (nSPS) is 10.5. The zero-order valence-electron chi connectivity index (χ0n) is 17.0. The summed E-state index contributed by atoms with van der Waals surface area (Å²) in [6.45, 7) is 0.887. The maximum atomic E-state index is 13.0. The molecule has 0 fully saturated rings. The standard InChI is InChI=1S/C24H20FN5O2/c25-21-10-8-20(9-11-21)24(32)29-22-3-1-2-18(12-22)13-27-23(31)19-6-4-17(5-7-19)14-30-16-26-15-28-30/h1-12,15-16H,13-14H2,(H,27,31)(H,29,32). The Bertz CT molecular complexity index is 1210. The van der Waals surface area contributed by atoms with Gasteiger partial charge in [-0.2, -0.15) is 5.10 Å². The van der Waals surface area contributed by atoms with Gasteiger partial charge >= 0.3 is 0 Å². The number of halogens is 1. The molecule has 0 atom stereocenters. The number of rotatable bonds is 7. The number of carbonyl (C=O) groups is 2. The van der Waals surface area contributed by atoms with Crippen LogP contribution in [0.25, 0.3) is 0 Å². The Kier molecular flexibility index (Phi) is 6.31. The minimum Gasteiger partial charge on any atom is -0.348 e. The maximum absolute atomic E-state index is 13.0. The van der Waals surface area contributed by atoms with Gasteiger partial charge in [-0.1, -0.05) is 24.3 Å². The van der Waals surface area contributed by atoms with Gasteiger partial charge in [0.25, 0.3) is 11.8 Å². The SMILES string of the molecule is O=C(NCc1cccc(NC(=O)c2ccc(F)cc2)c1)c1ccc(Cn2cncn2)cc1. The fourth-order valence-corrected chi connectivity index (χ4v) is 3.11. The highest BCUT2D eigenvalue weighted by Gasteiger charge is 2.08. The molecule has 160 valence electrons. The molecule has 0 spiro atoms. The first-order valence-corrected chi connectivity index (χ1v) is 9.92. The molecule has 0 saturated carbocycles.